The molecule has 2 aromatic heterocycles. The highest BCUT2D eigenvalue weighted by molar-refractivity contribution is 7.71. The molecule has 0 bridgehead atoms. The number of hydrogen-bond acceptors (Lipinski definition) is 6. The Morgan fingerprint density at radius 1 is 1.21 bits per heavy atom. The largest absolute Gasteiger partial charge is 0.496 e. The SMILES string of the molecule is CCn1c(CCNC(=O)c2cc3c(OC)cc(OC)c(OC)c3[nH]2)n[nH]c1=S. The zero-order valence-electron chi connectivity index (χ0n) is 16.2. The van der Waals surface area contributed by atoms with Crippen LogP contribution in [0.1, 0.15) is 23.2 Å². The summed E-state index contributed by atoms with van der Waals surface area (Å²) in [6, 6.07) is 3.46. The van der Waals surface area contributed by atoms with Crippen LogP contribution in [0, 0.1) is 4.77 Å². The van der Waals surface area contributed by atoms with Gasteiger partial charge in [0.25, 0.3) is 5.91 Å². The Morgan fingerprint density at radius 3 is 2.61 bits per heavy atom. The molecule has 0 unspecified atom stereocenters. The van der Waals surface area contributed by atoms with Crippen molar-refractivity contribution in [2.24, 2.45) is 0 Å². The summed E-state index contributed by atoms with van der Waals surface area (Å²) in [6.45, 7) is 3.14. The number of nitrogens with one attached hydrogen (secondary N) is 3. The van der Waals surface area contributed by atoms with E-state index in [1.807, 2.05) is 11.5 Å². The molecule has 0 saturated carbocycles. The van der Waals surface area contributed by atoms with Crippen molar-refractivity contribution in [1.82, 2.24) is 25.1 Å². The summed E-state index contributed by atoms with van der Waals surface area (Å²) >= 11 is 5.17. The normalized spacial score (nSPS) is 10.9. The Hall–Kier alpha value is -3.01. The van der Waals surface area contributed by atoms with E-state index in [2.05, 4.69) is 20.5 Å². The first-order chi connectivity index (χ1) is 13.5. The summed E-state index contributed by atoms with van der Waals surface area (Å²) in [6.07, 6.45) is 0.563. The molecule has 1 amide bonds. The molecule has 0 aliphatic heterocycles. The van der Waals surface area contributed by atoms with Gasteiger partial charge in [0.2, 0.25) is 0 Å². The number of ether oxygens (including phenoxy) is 3. The molecule has 10 heteroatoms. The highest BCUT2D eigenvalue weighted by Crippen LogP contribution is 2.41. The Kier molecular flexibility index (Phi) is 5.88. The Balaban J connectivity index is 1.81. The molecule has 150 valence electrons. The van der Waals surface area contributed by atoms with E-state index in [0.29, 0.717) is 46.2 Å². The fraction of sp³-hybridized carbons (Fsp3) is 0.389. The van der Waals surface area contributed by atoms with E-state index in [-0.39, 0.29) is 5.91 Å². The zero-order valence-corrected chi connectivity index (χ0v) is 17.0. The lowest BCUT2D eigenvalue weighted by Crippen LogP contribution is -2.26. The average Bonchev–Trinajstić information content (AvgIpc) is 3.30. The van der Waals surface area contributed by atoms with Gasteiger partial charge < -0.3 is 29.1 Å². The number of rotatable bonds is 8. The van der Waals surface area contributed by atoms with Crippen molar-refractivity contribution in [3.8, 4) is 17.2 Å². The third-order valence-electron chi connectivity index (χ3n) is 4.47. The van der Waals surface area contributed by atoms with E-state index >= 15 is 0 Å². The summed E-state index contributed by atoms with van der Waals surface area (Å²) < 4.78 is 18.7. The fourth-order valence-electron chi connectivity index (χ4n) is 3.11. The van der Waals surface area contributed by atoms with Crippen LogP contribution in [-0.4, -0.2) is 53.5 Å². The maximum atomic E-state index is 12.6. The summed E-state index contributed by atoms with van der Waals surface area (Å²) in [7, 11) is 4.66. The van der Waals surface area contributed by atoms with Crippen molar-refractivity contribution in [2.45, 2.75) is 19.9 Å². The lowest BCUT2D eigenvalue weighted by molar-refractivity contribution is 0.0949. The number of fused-ring (bicyclic) bond motifs is 1. The number of aromatic amines is 2. The van der Waals surface area contributed by atoms with Crippen molar-refractivity contribution in [1.29, 1.82) is 0 Å². The Bertz CT molecular complexity index is 1050. The van der Waals surface area contributed by atoms with Crippen molar-refractivity contribution in [3.63, 3.8) is 0 Å². The lowest BCUT2D eigenvalue weighted by Gasteiger charge is -2.11. The van der Waals surface area contributed by atoms with Crippen molar-refractivity contribution >= 4 is 29.0 Å². The van der Waals surface area contributed by atoms with Gasteiger partial charge in [0.1, 0.15) is 17.3 Å². The van der Waals surface area contributed by atoms with Crippen LogP contribution in [0.5, 0.6) is 17.2 Å². The molecule has 2 heterocycles. The molecule has 3 aromatic rings. The van der Waals surface area contributed by atoms with Crippen molar-refractivity contribution in [3.05, 3.63) is 28.4 Å². The standard InChI is InChI=1S/C18H23N5O4S/c1-5-23-14(21-22-18(23)28)6-7-19-17(24)11-8-10-12(25-2)9-13(26-3)16(27-4)15(10)20-11/h8-9,20H,5-7H2,1-4H3,(H,19,24)(H,22,28). The molecule has 0 atom stereocenters. The molecule has 9 nitrogen and oxygen atoms in total. The molecular formula is C18H23N5O4S. The van der Waals surface area contributed by atoms with Gasteiger partial charge in [-0.05, 0) is 25.2 Å². The van der Waals surface area contributed by atoms with Gasteiger partial charge in [0.05, 0.1) is 26.8 Å². The third kappa shape index (κ3) is 3.55. The number of nitrogens with zero attached hydrogens (tertiary/aromatic N) is 2. The number of aromatic nitrogens is 4. The fourth-order valence-corrected chi connectivity index (χ4v) is 3.39. The topological polar surface area (TPSA) is 106 Å². The van der Waals surface area contributed by atoms with Gasteiger partial charge in [0, 0.05) is 31.0 Å². The van der Waals surface area contributed by atoms with Gasteiger partial charge in [-0.1, -0.05) is 0 Å². The zero-order chi connectivity index (χ0) is 20.3. The van der Waals surface area contributed by atoms with Gasteiger partial charge in [0.15, 0.2) is 16.3 Å². The first-order valence-corrected chi connectivity index (χ1v) is 9.18. The quantitative estimate of drug-likeness (QED) is 0.497. The highest BCUT2D eigenvalue weighted by Gasteiger charge is 2.19. The van der Waals surface area contributed by atoms with Gasteiger partial charge in [-0.2, -0.15) is 5.10 Å². The van der Waals surface area contributed by atoms with Gasteiger partial charge in [-0.3, -0.25) is 9.89 Å². The third-order valence-corrected chi connectivity index (χ3v) is 4.78. The summed E-state index contributed by atoms with van der Waals surface area (Å²) in [5, 5.41) is 10.6. The second kappa shape index (κ2) is 8.34. The van der Waals surface area contributed by atoms with E-state index in [0.717, 1.165) is 17.8 Å². The molecule has 0 fully saturated rings. The number of carbonyl (C=O) groups excluding carboxylic acids is 1. The minimum absolute atomic E-state index is 0.239. The molecule has 1 aromatic carbocycles. The van der Waals surface area contributed by atoms with Crippen LogP contribution < -0.4 is 19.5 Å². The maximum absolute atomic E-state index is 12.6. The average molecular weight is 405 g/mol. The molecule has 3 rings (SSSR count). The molecule has 28 heavy (non-hydrogen) atoms. The molecular weight excluding hydrogens is 382 g/mol. The lowest BCUT2D eigenvalue weighted by atomic mass is 10.2. The summed E-state index contributed by atoms with van der Waals surface area (Å²) in [5.41, 5.74) is 1.03. The van der Waals surface area contributed by atoms with Crippen LogP contribution >= 0.6 is 12.2 Å². The monoisotopic (exact) mass is 405 g/mol. The second-order valence-electron chi connectivity index (χ2n) is 5.98. The predicted octanol–water partition coefficient (Wildman–Crippen LogP) is 2.44. The van der Waals surface area contributed by atoms with Gasteiger partial charge >= 0.3 is 0 Å². The van der Waals surface area contributed by atoms with E-state index < -0.39 is 0 Å². The molecule has 0 spiro atoms. The number of benzene rings is 1. The molecule has 0 aliphatic rings. The van der Waals surface area contributed by atoms with Crippen LogP contribution in [0.3, 0.4) is 0 Å². The van der Waals surface area contributed by atoms with E-state index in [1.165, 1.54) is 0 Å². The van der Waals surface area contributed by atoms with Crippen LogP contribution in [0.15, 0.2) is 12.1 Å². The smallest absolute Gasteiger partial charge is 0.267 e. The van der Waals surface area contributed by atoms with E-state index in [4.69, 9.17) is 26.4 Å². The number of carbonyl (C=O) groups is 1. The highest BCUT2D eigenvalue weighted by atomic mass is 32.1. The van der Waals surface area contributed by atoms with Crippen molar-refractivity contribution < 1.29 is 19.0 Å². The minimum atomic E-state index is -0.239. The number of H-pyrrole nitrogens is 2. The molecule has 0 aliphatic carbocycles. The summed E-state index contributed by atoms with van der Waals surface area (Å²) in [4.78, 5) is 15.7. The van der Waals surface area contributed by atoms with Crippen LogP contribution in [0.2, 0.25) is 0 Å². The van der Waals surface area contributed by atoms with Crippen LogP contribution in [0.25, 0.3) is 10.9 Å². The Morgan fingerprint density at radius 2 is 1.96 bits per heavy atom. The number of amides is 1. The predicted molar refractivity (Wildman–Crippen MR) is 107 cm³/mol. The minimum Gasteiger partial charge on any atom is -0.496 e. The maximum Gasteiger partial charge on any atom is 0.267 e. The summed E-state index contributed by atoms with van der Waals surface area (Å²) in [5.74, 6) is 2.18. The van der Waals surface area contributed by atoms with Crippen molar-refractivity contribution in [2.75, 3.05) is 27.9 Å². The van der Waals surface area contributed by atoms with E-state index in [1.54, 1.807) is 33.5 Å². The first-order valence-electron chi connectivity index (χ1n) is 8.77. The molecule has 0 saturated heterocycles. The first kappa shape index (κ1) is 19.7. The van der Waals surface area contributed by atoms with Gasteiger partial charge in [-0.15, -0.1) is 0 Å². The van der Waals surface area contributed by atoms with Crippen LogP contribution in [-0.2, 0) is 13.0 Å². The number of methoxy groups -OCH3 is 3. The van der Waals surface area contributed by atoms with Crippen LogP contribution in [0.4, 0.5) is 0 Å². The Labute approximate surface area is 167 Å². The molecule has 3 N–H and O–H groups in total. The molecule has 0 radical (unpaired) electrons. The number of hydrogen-bond donors (Lipinski definition) is 3. The van der Waals surface area contributed by atoms with Gasteiger partial charge in [-0.25, -0.2) is 0 Å². The second-order valence-corrected chi connectivity index (χ2v) is 6.37. The van der Waals surface area contributed by atoms with E-state index in [9.17, 15) is 4.79 Å².